The monoisotopic (exact) mass is 462 g/mol. The van der Waals surface area contributed by atoms with Crippen molar-refractivity contribution in [3.63, 3.8) is 0 Å². The average molecular weight is 463 g/mol. The molecule has 0 aromatic heterocycles. The van der Waals surface area contributed by atoms with Crippen molar-refractivity contribution in [1.82, 2.24) is 5.32 Å². The maximum atomic E-state index is 12.8. The summed E-state index contributed by atoms with van der Waals surface area (Å²) < 4.78 is 6.66. The van der Waals surface area contributed by atoms with E-state index in [4.69, 9.17) is 17.0 Å². The lowest BCUT2D eigenvalue weighted by molar-refractivity contribution is 0.0973. The van der Waals surface area contributed by atoms with Crippen LogP contribution in [-0.2, 0) is 0 Å². The van der Waals surface area contributed by atoms with E-state index < -0.39 is 0 Å². The summed E-state index contributed by atoms with van der Waals surface area (Å²) in [5, 5.41) is 6.11. The van der Waals surface area contributed by atoms with Gasteiger partial charge in [0.05, 0.1) is 12.2 Å². The topological polar surface area (TPSA) is 50.4 Å². The van der Waals surface area contributed by atoms with Crippen LogP contribution in [0.2, 0.25) is 0 Å². The number of benzene rings is 2. The third kappa shape index (κ3) is 6.60. The molecule has 0 radical (unpaired) electrons. The number of halogens is 1. The van der Waals surface area contributed by atoms with Crippen LogP contribution in [0, 0.1) is 13.8 Å². The van der Waals surface area contributed by atoms with E-state index in [1.54, 1.807) is 12.1 Å². The quantitative estimate of drug-likeness (QED) is 0.364. The second kappa shape index (κ2) is 11.2. The normalized spacial score (nSPS) is 10.4. The van der Waals surface area contributed by atoms with Gasteiger partial charge in [-0.15, -0.1) is 0 Å². The number of ether oxygens (including phenoxy) is 1. The molecule has 4 nitrogen and oxygen atoms in total. The fraction of sp³-hybridized carbons (Fsp3) is 0.364. The second-order valence-electron chi connectivity index (χ2n) is 6.71. The summed E-state index contributed by atoms with van der Waals surface area (Å²) in [5.74, 6) is 0.263. The summed E-state index contributed by atoms with van der Waals surface area (Å²) in [7, 11) is 0. The van der Waals surface area contributed by atoms with Gasteiger partial charge in [0.1, 0.15) is 5.75 Å². The van der Waals surface area contributed by atoms with Crippen LogP contribution in [0.15, 0.2) is 40.9 Å². The van der Waals surface area contributed by atoms with E-state index in [1.165, 1.54) is 12.8 Å². The zero-order valence-corrected chi connectivity index (χ0v) is 19.0. The van der Waals surface area contributed by atoms with Crippen molar-refractivity contribution in [3.8, 4) is 5.75 Å². The number of unbranched alkanes of at least 4 members (excludes halogenated alkanes) is 3. The van der Waals surface area contributed by atoms with Crippen molar-refractivity contribution in [2.45, 2.75) is 46.5 Å². The lowest BCUT2D eigenvalue weighted by Gasteiger charge is -2.15. The number of carbonyl (C=O) groups excluding carboxylic acids is 1. The molecule has 1 amide bonds. The van der Waals surface area contributed by atoms with Gasteiger partial charge in [-0.2, -0.15) is 0 Å². The Morgan fingerprint density at radius 2 is 1.93 bits per heavy atom. The van der Waals surface area contributed by atoms with E-state index in [-0.39, 0.29) is 11.0 Å². The fourth-order valence-corrected chi connectivity index (χ4v) is 3.29. The zero-order chi connectivity index (χ0) is 20.5. The molecule has 0 aliphatic rings. The molecule has 2 aromatic rings. The molecule has 0 unspecified atom stereocenters. The number of nitrogens with one attached hydrogen (secondary N) is 2. The van der Waals surface area contributed by atoms with Gasteiger partial charge in [-0.05, 0) is 67.9 Å². The molecule has 2 rings (SSSR count). The van der Waals surface area contributed by atoms with Crippen LogP contribution in [-0.4, -0.2) is 17.6 Å². The predicted octanol–water partition coefficient (Wildman–Crippen LogP) is 6.15. The van der Waals surface area contributed by atoms with Crippen molar-refractivity contribution in [3.05, 3.63) is 57.6 Å². The van der Waals surface area contributed by atoms with Gasteiger partial charge in [0.25, 0.3) is 5.91 Å². The van der Waals surface area contributed by atoms with Crippen molar-refractivity contribution in [2.75, 3.05) is 11.9 Å². The van der Waals surface area contributed by atoms with Crippen LogP contribution >= 0.6 is 28.1 Å². The molecule has 0 spiro atoms. The minimum absolute atomic E-state index is 0.257. The van der Waals surface area contributed by atoms with Gasteiger partial charge < -0.3 is 10.1 Å². The van der Waals surface area contributed by atoms with Crippen LogP contribution in [0.25, 0.3) is 0 Å². The van der Waals surface area contributed by atoms with Crippen LogP contribution in [0.1, 0.15) is 54.1 Å². The van der Waals surface area contributed by atoms with Gasteiger partial charge in [-0.1, -0.05) is 54.2 Å². The van der Waals surface area contributed by atoms with Crippen molar-refractivity contribution in [2.24, 2.45) is 0 Å². The Hall–Kier alpha value is -1.92. The third-order valence-electron chi connectivity index (χ3n) is 4.52. The highest BCUT2D eigenvalue weighted by atomic mass is 79.9. The molecule has 2 N–H and O–H groups in total. The lowest BCUT2D eigenvalue weighted by Crippen LogP contribution is -2.34. The van der Waals surface area contributed by atoms with Gasteiger partial charge >= 0.3 is 0 Å². The Bertz CT molecular complexity index is 839. The van der Waals surface area contributed by atoms with Crippen molar-refractivity contribution >= 4 is 44.9 Å². The third-order valence-corrected chi connectivity index (χ3v) is 5.22. The molecule has 6 heteroatoms. The highest BCUT2D eigenvalue weighted by molar-refractivity contribution is 9.10. The van der Waals surface area contributed by atoms with Crippen LogP contribution < -0.4 is 15.4 Å². The van der Waals surface area contributed by atoms with E-state index in [0.29, 0.717) is 17.9 Å². The molecule has 28 heavy (non-hydrogen) atoms. The molecule has 0 aliphatic heterocycles. The van der Waals surface area contributed by atoms with Crippen LogP contribution in [0.3, 0.4) is 0 Å². The Morgan fingerprint density at radius 3 is 2.68 bits per heavy atom. The molecule has 2 aromatic carbocycles. The summed E-state index contributed by atoms with van der Waals surface area (Å²) in [5.41, 5.74) is 3.59. The van der Waals surface area contributed by atoms with Gasteiger partial charge in [-0.3, -0.25) is 10.1 Å². The summed E-state index contributed by atoms with van der Waals surface area (Å²) >= 11 is 8.75. The van der Waals surface area contributed by atoms with Crippen molar-refractivity contribution < 1.29 is 9.53 Å². The number of hydrogen-bond donors (Lipinski definition) is 2. The molecule has 0 bridgehead atoms. The van der Waals surface area contributed by atoms with Gasteiger partial charge in [0.2, 0.25) is 0 Å². The highest BCUT2D eigenvalue weighted by Gasteiger charge is 2.15. The van der Waals surface area contributed by atoms with E-state index in [9.17, 15) is 4.79 Å². The Labute approximate surface area is 181 Å². The zero-order valence-electron chi connectivity index (χ0n) is 16.6. The summed E-state index contributed by atoms with van der Waals surface area (Å²) in [4.78, 5) is 12.8. The predicted molar refractivity (Wildman–Crippen MR) is 123 cm³/mol. The molecule has 0 heterocycles. The fourth-order valence-electron chi connectivity index (χ4n) is 2.73. The van der Waals surface area contributed by atoms with Crippen LogP contribution in [0.5, 0.6) is 5.75 Å². The van der Waals surface area contributed by atoms with Gasteiger partial charge in [0, 0.05) is 10.2 Å². The molecular formula is C22H27BrN2O2S. The van der Waals surface area contributed by atoms with E-state index in [1.807, 2.05) is 38.1 Å². The first-order valence-corrected chi connectivity index (χ1v) is 10.7. The van der Waals surface area contributed by atoms with Gasteiger partial charge in [0.15, 0.2) is 5.11 Å². The molecule has 0 atom stereocenters. The smallest absolute Gasteiger partial charge is 0.261 e. The summed E-state index contributed by atoms with van der Waals surface area (Å²) in [6.45, 7) is 6.81. The molecule has 0 fully saturated rings. The highest BCUT2D eigenvalue weighted by Crippen LogP contribution is 2.24. The second-order valence-corrected chi connectivity index (χ2v) is 8.03. The number of aryl methyl sites for hydroxylation is 1. The van der Waals surface area contributed by atoms with E-state index >= 15 is 0 Å². The van der Waals surface area contributed by atoms with Crippen LogP contribution in [0.4, 0.5) is 5.69 Å². The lowest BCUT2D eigenvalue weighted by atomic mass is 10.1. The first kappa shape index (κ1) is 22.4. The minimum Gasteiger partial charge on any atom is -0.493 e. The Morgan fingerprint density at radius 1 is 1.14 bits per heavy atom. The number of anilines is 1. The molecule has 0 saturated carbocycles. The van der Waals surface area contributed by atoms with E-state index in [2.05, 4.69) is 33.5 Å². The first-order chi connectivity index (χ1) is 13.4. The molecular weight excluding hydrogens is 436 g/mol. The molecule has 0 aliphatic carbocycles. The largest absolute Gasteiger partial charge is 0.493 e. The van der Waals surface area contributed by atoms with Crippen molar-refractivity contribution in [1.29, 1.82) is 0 Å². The first-order valence-electron chi connectivity index (χ1n) is 9.53. The standard InChI is InChI=1S/C22H27BrN2O2S/c1-4-5-6-7-13-27-20-12-11-17(23)14-18(20)21(26)25-22(28)24-19-10-8-9-15(2)16(19)3/h8-12,14H,4-7,13H2,1-3H3,(H2,24,25,26,28). The van der Waals surface area contributed by atoms with Gasteiger partial charge in [-0.25, -0.2) is 0 Å². The minimum atomic E-state index is -0.298. The Balaban J connectivity index is 2.03. The summed E-state index contributed by atoms with van der Waals surface area (Å²) in [6.07, 6.45) is 4.46. The number of carbonyl (C=O) groups is 1. The number of hydrogen-bond acceptors (Lipinski definition) is 3. The average Bonchev–Trinajstić information content (AvgIpc) is 2.66. The number of thiocarbonyl (C=S) groups is 1. The Kier molecular flexibility index (Phi) is 8.93. The SMILES string of the molecule is CCCCCCOc1ccc(Br)cc1C(=O)NC(=S)Nc1cccc(C)c1C. The molecule has 0 saturated heterocycles. The molecule has 150 valence electrons. The summed E-state index contributed by atoms with van der Waals surface area (Å²) in [6, 6.07) is 11.3. The number of rotatable bonds is 8. The maximum Gasteiger partial charge on any atom is 0.261 e. The number of amides is 1. The van der Waals surface area contributed by atoms with E-state index in [0.717, 1.165) is 34.1 Å². The maximum absolute atomic E-state index is 12.8.